The molecule has 1 atom stereocenters. The minimum atomic E-state index is -1.11. The van der Waals surface area contributed by atoms with Gasteiger partial charge < -0.3 is 0 Å². The molecule has 1 saturated heterocycles. The lowest BCUT2D eigenvalue weighted by molar-refractivity contribution is -0.131. The first-order valence-electron chi connectivity index (χ1n) is 7.76. The summed E-state index contributed by atoms with van der Waals surface area (Å²) in [7, 11) is 0. The van der Waals surface area contributed by atoms with Gasteiger partial charge in [0.2, 0.25) is 5.91 Å². The smallest absolute Gasteiger partial charge is 0.291 e. The Kier molecular flexibility index (Phi) is 4.76. The van der Waals surface area contributed by atoms with E-state index in [0.717, 1.165) is 20.9 Å². The van der Waals surface area contributed by atoms with Crippen molar-refractivity contribution in [1.82, 2.24) is 5.32 Å². The Bertz CT molecular complexity index is 858. The second-order valence-corrected chi connectivity index (χ2v) is 6.77. The molecule has 4 amide bonds. The van der Waals surface area contributed by atoms with E-state index in [1.807, 2.05) is 37.4 Å². The van der Waals surface area contributed by atoms with Gasteiger partial charge in [-0.2, -0.15) is 0 Å². The maximum Gasteiger partial charge on any atom is 0.335 e. The number of nitrogens with one attached hydrogen (secondary N) is 1. The Morgan fingerprint density at radius 3 is 2.72 bits per heavy atom. The van der Waals surface area contributed by atoms with Crippen molar-refractivity contribution in [3.05, 3.63) is 51.7 Å². The van der Waals surface area contributed by atoms with Gasteiger partial charge in [-0.15, -0.1) is 11.3 Å². The van der Waals surface area contributed by atoms with Gasteiger partial charge in [-0.25, -0.2) is 9.69 Å². The van der Waals surface area contributed by atoms with E-state index in [4.69, 9.17) is 0 Å². The maximum absolute atomic E-state index is 12.8. The van der Waals surface area contributed by atoms with Gasteiger partial charge in [0.15, 0.2) is 5.92 Å². The fourth-order valence-corrected chi connectivity index (χ4v) is 3.22. The summed E-state index contributed by atoms with van der Waals surface area (Å²) in [5.74, 6) is -2.35. The van der Waals surface area contributed by atoms with Crippen LogP contribution in [0.1, 0.15) is 16.0 Å². The number of hydrogen-bond donors (Lipinski definition) is 1. The SMILES string of the molecule is Cc1cccc(N2C(=O)NC(=O)[C@@H](C=NCc3cccs3)C2=O)c1C. The zero-order valence-electron chi connectivity index (χ0n) is 13.9. The number of imide groups is 2. The van der Waals surface area contributed by atoms with E-state index in [9.17, 15) is 14.4 Å². The molecule has 0 unspecified atom stereocenters. The van der Waals surface area contributed by atoms with Crippen LogP contribution >= 0.6 is 11.3 Å². The standard InChI is InChI=1S/C18H17N3O3S/c1-11-5-3-7-15(12(11)2)21-17(23)14(16(22)20-18(21)24)10-19-9-13-6-4-8-25-13/h3-8,10,14H,9H2,1-2H3,(H,20,22,24)/t14-/m1/s1. The third kappa shape index (κ3) is 3.36. The zero-order chi connectivity index (χ0) is 18.0. The number of aryl methyl sites for hydroxylation is 1. The largest absolute Gasteiger partial charge is 0.335 e. The number of benzene rings is 1. The second kappa shape index (κ2) is 6.98. The van der Waals surface area contributed by atoms with Crippen LogP contribution in [0.25, 0.3) is 0 Å². The van der Waals surface area contributed by atoms with Crippen molar-refractivity contribution in [2.24, 2.45) is 10.9 Å². The van der Waals surface area contributed by atoms with Gasteiger partial charge in [-0.05, 0) is 42.5 Å². The first-order chi connectivity index (χ1) is 12.0. The summed E-state index contributed by atoms with van der Waals surface area (Å²) in [6.45, 7) is 4.13. The number of anilines is 1. The number of carbonyl (C=O) groups is 3. The number of thiophene rings is 1. The van der Waals surface area contributed by atoms with Crippen molar-refractivity contribution in [2.45, 2.75) is 20.4 Å². The van der Waals surface area contributed by atoms with Crippen LogP contribution < -0.4 is 10.2 Å². The summed E-state index contributed by atoms with van der Waals surface area (Å²) >= 11 is 1.55. The van der Waals surface area contributed by atoms with E-state index in [2.05, 4.69) is 10.3 Å². The van der Waals surface area contributed by atoms with Crippen LogP contribution in [0.2, 0.25) is 0 Å². The second-order valence-electron chi connectivity index (χ2n) is 5.73. The van der Waals surface area contributed by atoms with Crippen molar-refractivity contribution in [3.8, 4) is 0 Å². The Morgan fingerprint density at radius 2 is 2.00 bits per heavy atom. The molecule has 2 heterocycles. The molecule has 1 N–H and O–H groups in total. The fraction of sp³-hybridized carbons (Fsp3) is 0.222. The van der Waals surface area contributed by atoms with Gasteiger partial charge in [0.25, 0.3) is 5.91 Å². The monoisotopic (exact) mass is 355 g/mol. The van der Waals surface area contributed by atoms with E-state index >= 15 is 0 Å². The van der Waals surface area contributed by atoms with Gasteiger partial charge in [-0.3, -0.25) is 19.9 Å². The molecular weight excluding hydrogens is 338 g/mol. The van der Waals surface area contributed by atoms with E-state index < -0.39 is 23.8 Å². The fourth-order valence-electron chi connectivity index (χ4n) is 2.58. The lowest BCUT2D eigenvalue weighted by atomic mass is 10.0. The van der Waals surface area contributed by atoms with Crippen LogP contribution in [0.5, 0.6) is 0 Å². The molecule has 128 valence electrons. The van der Waals surface area contributed by atoms with Crippen molar-refractivity contribution in [2.75, 3.05) is 4.90 Å². The number of amides is 4. The number of hydrogen-bond acceptors (Lipinski definition) is 5. The molecule has 1 aromatic carbocycles. The molecule has 1 aromatic heterocycles. The van der Waals surface area contributed by atoms with Gasteiger partial charge >= 0.3 is 6.03 Å². The maximum atomic E-state index is 12.8. The summed E-state index contributed by atoms with van der Waals surface area (Å²) in [6, 6.07) is 8.47. The van der Waals surface area contributed by atoms with Crippen molar-refractivity contribution in [3.63, 3.8) is 0 Å². The molecular formula is C18H17N3O3S. The van der Waals surface area contributed by atoms with E-state index in [1.165, 1.54) is 6.21 Å². The number of rotatable bonds is 4. The molecule has 25 heavy (non-hydrogen) atoms. The third-order valence-corrected chi connectivity index (χ3v) is 4.96. The molecule has 6 nitrogen and oxygen atoms in total. The van der Waals surface area contributed by atoms with Gasteiger partial charge in [0, 0.05) is 11.1 Å². The average Bonchev–Trinajstić information content (AvgIpc) is 3.07. The molecule has 0 saturated carbocycles. The van der Waals surface area contributed by atoms with Crippen LogP contribution in [-0.2, 0) is 16.1 Å². The number of urea groups is 1. The van der Waals surface area contributed by atoms with E-state index in [1.54, 1.807) is 23.5 Å². The molecule has 3 rings (SSSR count). The third-order valence-electron chi connectivity index (χ3n) is 4.10. The molecule has 7 heteroatoms. The Hall–Kier alpha value is -2.80. The summed E-state index contributed by atoms with van der Waals surface area (Å²) in [5, 5.41) is 4.17. The highest BCUT2D eigenvalue weighted by atomic mass is 32.1. The summed E-state index contributed by atoms with van der Waals surface area (Å²) in [5.41, 5.74) is 2.25. The average molecular weight is 355 g/mol. The van der Waals surface area contributed by atoms with Crippen LogP contribution in [0.15, 0.2) is 40.7 Å². The lowest BCUT2D eigenvalue weighted by Gasteiger charge is -2.29. The molecule has 0 aliphatic carbocycles. The van der Waals surface area contributed by atoms with Gasteiger partial charge in [-0.1, -0.05) is 18.2 Å². The number of nitrogens with zero attached hydrogens (tertiary/aromatic N) is 2. The number of carbonyl (C=O) groups excluding carboxylic acids is 3. The first-order valence-corrected chi connectivity index (χ1v) is 8.64. The van der Waals surface area contributed by atoms with Crippen LogP contribution in [0.4, 0.5) is 10.5 Å². The molecule has 2 aromatic rings. The van der Waals surface area contributed by atoms with Crippen LogP contribution in [0, 0.1) is 19.8 Å². The normalized spacial score (nSPS) is 18.1. The number of barbiturate groups is 1. The summed E-state index contributed by atoms with van der Waals surface area (Å²) < 4.78 is 0. The minimum Gasteiger partial charge on any atom is -0.291 e. The minimum absolute atomic E-state index is 0.395. The highest BCUT2D eigenvalue weighted by molar-refractivity contribution is 7.09. The van der Waals surface area contributed by atoms with E-state index in [0.29, 0.717) is 12.2 Å². The summed E-state index contributed by atoms with van der Waals surface area (Å²) in [4.78, 5) is 43.3. The molecule has 0 bridgehead atoms. The Morgan fingerprint density at radius 1 is 1.20 bits per heavy atom. The molecule has 0 spiro atoms. The molecule has 1 aliphatic heterocycles. The van der Waals surface area contributed by atoms with Crippen molar-refractivity contribution in [1.29, 1.82) is 0 Å². The van der Waals surface area contributed by atoms with E-state index in [-0.39, 0.29) is 0 Å². The van der Waals surface area contributed by atoms with Crippen LogP contribution in [0.3, 0.4) is 0 Å². The predicted octanol–water partition coefficient (Wildman–Crippen LogP) is 2.83. The van der Waals surface area contributed by atoms with Crippen molar-refractivity contribution >= 4 is 41.1 Å². The van der Waals surface area contributed by atoms with Gasteiger partial charge in [0.05, 0.1) is 12.2 Å². The van der Waals surface area contributed by atoms with Gasteiger partial charge in [0.1, 0.15) is 0 Å². The predicted molar refractivity (Wildman–Crippen MR) is 96.9 cm³/mol. The summed E-state index contributed by atoms with van der Waals surface area (Å²) in [6.07, 6.45) is 1.32. The Labute approximate surface area is 149 Å². The number of aliphatic imine (C=N–C) groups is 1. The molecule has 1 aliphatic rings. The molecule has 0 radical (unpaired) electrons. The zero-order valence-corrected chi connectivity index (χ0v) is 14.7. The highest BCUT2D eigenvalue weighted by Gasteiger charge is 2.40. The lowest BCUT2D eigenvalue weighted by Crippen LogP contribution is -2.58. The Balaban J connectivity index is 1.86. The highest BCUT2D eigenvalue weighted by Crippen LogP contribution is 2.26. The topological polar surface area (TPSA) is 78.8 Å². The van der Waals surface area contributed by atoms with Crippen LogP contribution in [-0.4, -0.2) is 24.1 Å². The first kappa shape index (κ1) is 17.0. The van der Waals surface area contributed by atoms with Crippen molar-refractivity contribution < 1.29 is 14.4 Å². The molecule has 1 fully saturated rings. The quantitative estimate of drug-likeness (QED) is 0.676.